The average Bonchev–Trinajstić information content (AvgIpc) is 3.21. The summed E-state index contributed by atoms with van der Waals surface area (Å²) in [5.41, 5.74) is 6.29. The van der Waals surface area contributed by atoms with Crippen LogP contribution in [-0.4, -0.2) is 5.16 Å². The van der Waals surface area contributed by atoms with Crippen LogP contribution >= 0.6 is 12.2 Å². The number of hydrogen-bond acceptors (Lipinski definition) is 2. The molecule has 0 aliphatic heterocycles. The molecule has 0 saturated heterocycles. The maximum atomic E-state index is 14.8. The number of aliphatic imine (C=N–C) groups is 1. The molecule has 0 bridgehead atoms. The number of aryl methyl sites for hydroxylation is 2. The lowest BCUT2D eigenvalue weighted by Crippen LogP contribution is -1.97. The molecule has 0 heterocycles. The summed E-state index contributed by atoms with van der Waals surface area (Å²) in [7, 11) is 0. The van der Waals surface area contributed by atoms with Crippen molar-refractivity contribution in [3.63, 3.8) is 0 Å². The van der Waals surface area contributed by atoms with Crippen molar-refractivity contribution >= 4 is 29.1 Å². The second-order valence-corrected chi connectivity index (χ2v) is 8.60. The Morgan fingerprint density at radius 2 is 1.61 bits per heavy atom. The molecule has 3 aromatic rings. The van der Waals surface area contributed by atoms with Crippen molar-refractivity contribution in [3.05, 3.63) is 93.8 Å². The molecule has 0 N–H and O–H groups in total. The van der Waals surface area contributed by atoms with Crippen LogP contribution in [0.5, 0.6) is 0 Å². The van der Waals surface area contributed by atoms with E-state index in [1.165, 1.54) is 47.7 Å². The Labute approximate surface area is 197 Å². The van der Waals surface area contributed by atoms with Gasteiger partial charge in [0.2, 0.25) is 0 Å². The second kappa shape index (κ2) is 10.3. The van der Waals surface area contributed by atoms with E-state index >= 15 is 0 Å². The first kappa shape index (κ1) is 23.2. The molecule has 0 unspecified atom stereocenters. The van der Waals surface area contributed by atoms with Gasteiger partial charge in [0.15, 0.2) is 11.6 Å². The number of isothiocyanates is 1. The second-order valence-electron chi connectivity index (χ2n) is 8.41. The van der Waals surface area contributed by atoms with Gasteiger partial charge in [-0.3, -0.25) is 0 Å². The highest BCUT2D eigenvalue weighted by molar-refractivity contribution is 7.78. The van der Waals surface area contributed by atoms with Gasteiger partial charge in [-0.2, -0.15) is 4.99 Å². The molecule has 0 aromatic heterocycles. The van der Waals surface area contributed by atoms with E-state index in [1.54, 1.807) is 6.07 Å². The first-order chi connectivity index (χ1) is 16.0. The molecular formula is C28H24F3NS. The van der Waals surface area contributed by atoms with Crippen LogP contribution in [0.25, 0.3) is 17.2 Å². The molecule has 168 valence electrons. The number of hydrogen-bond donors (Lipinski definition) is 0. The fourth-order valence-corrected chi connectivity index (χ4v) is 4.37. The molecule has 0 atom stereocenters. The van der Waals surface area contributed by atoms with E-state index in [2.05, 4.69) is 42.3 Å². The zero-order chi connectivity index (χ0) is 23.4. The molecular weight excluding hydrogens is 439 g/mol. The molecule has 1 nitrogen and oxygen atoms in total. The highest BCUT2D eigenvalue weighted by Crippen LogP contribution is 2.32. The average molecular weight is 464 g/mol. The van der Waals surface area contributed by atoms with Crippen molar-refractivity contribution in [1.29, 1.82) is 0 Å². The zero-order valence-corrected chi connectivity index (χ0v) is 19.2. The van der Waals surface area contributed by atoms with E-state index in [4.69, 9.17) is 0 Å². The lowest BCUT2D eigenvalue weighted by molar-refractivity contribution is 0.582. The molecule has 1 aliphatic rings. The summed E-state index contributed by atoms with van der Waals surface area (Å²) in [6.07, 6.45) is 7.38. The van der Waals surface area contributed by atoms with Gasteiger partial charge in [0, 0.05) is 0 Å². The Kier molecular flexibility index (Phi) is 7.22. The number of rotatable bonds is 8. The Balaban J connectivity index is 1.46. The van der Waals surface area contributed by atoms with Crippen LogP contribution in [0.4, 0.5) is 18.9 Å². The SMILES string of the molecule is CCCCC1=Cc2ccc(-c3ccc(CCc4cc(F)c(N=C=S)c(F)c4)c(F)c3)cc2C1. The molecule has 5 heteroatoms. The summed E-state index contributed by atoms with van der Waals surface area (Å²) in [5, 5.41) is 1.97. The van der Waals surface area contributed by atoms with Crippen LogP contribution in [0.3, 0.4) is 0 Å². The molecule has 0 spiro atoms. The number of unbranched alkanes of at least 4 members (excludes halogenated alkanes) is 1. The van der Waals surface area contributed by atoms with Gasteiger partial charge >= 0.3 is 0 Å². The first-order valence-corrected chi connectivity index (χ1v) is 11.6. The number of benzene rings is 3. The van der Waals surface area contributed by atoms with Crippen LogP contribution in [0, 0.1) is 17.5 Å². The van der Waals surface area contributed by atoms with Gasteiger partial charge in [-0.15, -0.1) is 0 Å². The van der Waals surface area contributed by atoms with Crippen molar-refractivity contribution in [2.75, 3.05) is 0 Å². The van der Waals surface area contributed by atoms with Crippen molar-refractivity contribution in [2.24, 2.45) is 4.99 Å². The minimum Gasteiger partial charge on any atom is -0.207 e. The fourth-order valence-electron chi connectivity index (χ4n) is 4.28. The number of halogens is 3. The van der Waals surface area contributed by atoms with E-state index in [1.807, 2.05) is 17.3 Å². The normalized spacial score (nSPS) is 12.3. The highest BCUT2D eigenvalue weighted by Gasteiger charge is 2.15. The van der Waals surface area contributed by atoms with Gasteiger partial charge < -0.3 is 0 Å². The van der Waals surface area contributed by atoms with E-state index < -0.39 is 17.3 Å². The van der Waals surface area contributed by atoms with E-state index in [0.29, 0.717) is 24.0 Å². The summed E-state index contributed by atoms with van der Waals surface area (Å²) in [6, 6.07) is 13.9. The monoisotopic (exact) mass is 463 g/mol. The van der Waals surface area contributed by atoms with Crippen LogP contribution in [-0.2, 0) is 19.3 Å². The van der Waals surface area contributed by atoms with Crippen LogP contribution < -0.4 is 0 Å². The minimum absolute atomic E-state index is 0.302. The Bertz CT molecular complexity index is 1250. The van der Waals surface area contributed by atoms with Gasteiger partial charge in [0.1, 0.15) is 11.5 Å². The molecule has 3 aromatic carbocycles. The van der Waals surface area contributed by atoms with Crippen LogP contribution in [0.1, 0.15) is 48.4 Å². The Morgan fingerprint density at radius 3 is 2.30 bits per heavy atom. The molecule has 0 fully saturated rings. The number of thiocarbonyl (C=S) groups is 1. The van der Waals surface area contributed by atoms with Crippen LogP contribution in [0.2, 0.25) is 0 Å². The van der Waals surface area contributed by atoms with E-state index in [9.17, 15) is 13.2 Å². The van der Waals surface area contributed by atoms with Crippen molar-refractivity contribution in [1.82, 2.24) is 0 Å². The quantitative estimate of drug-likeness (QED) is 0.241. The first-order valence-electron chi connectivity index (χ1n) is 11.2. The smallest absolute Gasteiger partial charge is 0.152 e. The van der Waals surface area contributed by atoms with Gasteiger partial charge in [-0.05, 0) is 95.9 Å². The largest absolute Gasteiger partial charge is 0.207 e. The maximum absolute atomic E-state index is 14.8. The summed E-state index contributed by atoms with van der Waals surface area (Å²) in [4.78, 5) is 3.41. The van der Waals surface area contributed by atoms with Gasteiger partial charge in [-0.1, -0.05) is 55.3 Å². The Morgan fingerprint density at radius 1 is 0.879 bits per heavy atom. The minimum atomic E-state index is -0.804. The topological polar surface area (TPSA) is 12.4 Å². The summed E-state index contributed by atoms with van der Waals surface area (Å²) in [6.45, 7) is 2.20. The lowest BCUT2D eigenvalue weighted by Gasteiger charge is -2.09. The lowest BCUT2D eigenvalue weighted by atomic mass is 9.97. The number of nitrogens with zero attached hydrogens (tertiary/aromatic N) is 1. The predicted molar refractivity (Wildman–Crippen MR) is 131 cm³/mol. The number of allylic oxidation sites excluding steroid dienone is 1. The predicted octanol–water partition coefficient (Wildman–Crippen LogP) is 8.42. The fraction of sp³-hybridized carbons (Fsp3) is 0.250. The molecule has 33 heavy (non-hydrogen) atoms. The van der Waals surface area contributed by atoms with Gasteiger partial charge in [-0.25, -0.2) is 13.2 Å². The van der Waals surface area contributed by atoms with Crippen molar-refractivity contribution in [2.45, 2.75) is 45.4 Å². The summed E-state index contributed by atoms with van der Waals surface area (Å²) >= 11 is 4.41. The van der Waals surface area contributed by atoms with Crippen molar-refractivity contribution in [3.8, 4) is 11.1 Å². The molecule has 0 radical (unpaired) electrons. The summed E-state index contributed by atoms with van der Waals surface area (Å²) in [5.74, 6) is -1.93. The number of fused-ring (bicyclic) bond motifs is 1. The molecule has 0 saturated carbocycles. The molecule has 1 aliphatic carbocycles. The maximum Gasteiger partial charge on any atom is 0.152 e. The molecule has 4 rings (SSSR count). The third-order valence-corrected chi connectivity index (χ3v) is 6.17. The van der Waals surface area contributed by atoms with Gasteiger partial charge in [0.05, 0.1) is 5.16 Å². The zero-order valence-electron chi connectivity index (χ0n) is 18.4. The van der Waals surface area contributed by atoms with Crippen LogP contribution in [0.15, 0.2) is 59.1 Å². The third-order valence-electron chi connectivity index (χ3n) is 6.08. The Hall–Kier alpha value is -3.01. The van der Waals surface area contributed by atoms with E-state index in [-0.39, 0.29) is 5.82 Å². The van der Waals surface area contributed by atoms with Crippen molar-refractivity contribution < 1.29 is 13.2 Å². The standard InChI is InChI=1S/C28H24F3NS/c1-2-3-4-18-11-21-9-10-22(15-24(21)12-18)23-8-7-20(25(29)16-23)6-5-19-13-26(30)28(32-17-33)27(31)14-19/h7-11,13-16H,2-6,12H2,1H3. The van der Waals surface area contributed by atoms with E-state index in [0.717, 1.165) is 24.0 Å². The summed E-state index contributed by atoms with van der Waals surface area (Å²) < 4.78 is 42.9. The third kappa shape index (κ3) is 5.32. The van der Waals surface area contributed by atoms with Gasteiger partial charge in [0.25, 0.3) is 0 Å². The molecule has 0 amide bonds. The highest BCUT2D eigenvalue weighted by atomic mass is 32.1.